The number of oxazole rings is 1. The molecule has 1 amide bonds. The Labute approximate surface area is 169 Å². The smallest absolute Gasteiger partial charge is 0.226 e. The lowest BCUT2D eigenvalue weighted by Crippen LogP contribution is -2.11. The fourth-order valence-corrected chi connectivity index (χ4v) is 2.87. The van der Waals surface area contributed by atoms with Crippen LogP contribution >= 0.6 is 0 Å². The quantitative estimate of drug-likeness (QED) is 0.535. The summed E-state index contributed by atoms with van der Waals surface area (Å²) in [6, 6.07) is 14.7. The number of Topliss-reactive ketones (excluding diaryl/α,β-unsaturated/α-hetero) is 1. The summed E-state index contributed by atoms with van der Waals surface area (Å²) < 4.78 is 11.6. The van der Waals surface area contributed by atoms with Gasteiger partial charge in [0, 0.05) is 17.7 Å². The molecule has 0 aliphatic heterocycles. The van der Waals surface area contributed by atoms with Crippen molar-refractivity contribution in [2.24, 2.45) is 0 Å². The Morgan fingerprint density at radius 2 is 1.90 bits per heavy atom. The molecular formula is C23H24N2O4. The second kappa shape index (κ2) is 9.19. The van der Waals surface area contributed by atoms with Crippen molar-refractivity contribution in [3.8, 4) is 17.2 Å². The Morgan fingerprint density at radius 3 is 2.59 bits per heavy atom. The molecule has 0 fully saturated rings. The van der Waals surface area contributed by atoms with Gasteiger partial charge >= 0.3 is 0 Å². The molecule has 0 aliphatic carbocycles. The van der Waals surface area contributed by atoms with Gasteiger partial charge in [0.1, 0.15) is 23.8 Å². The highest BCUT2D eigenvalue weighted by Gasteiger charge is 2.15. The first-order chi connectivity index (χ1) is 14.0. The van der Waals surface area contributed by atoms with Gasteiger partial charge in [0.05, 0.1) is 5.56 Å². The van der Waals surface area contributed by atoms with Crippen LogP contribution < -0.4 is 10.1 Å². The van der Waals surface area contributed by atoms with Crippen LogP contribution in [-0.2, 0) is 11.4 Å². The van der Waals surface area contributed by atoms with E-state index in [1.165, 1.54) is 6.92 Å². The van der Waals surface area contributed by atoms with Gasteiger partial charge in [-0.05, 0) is 50.6 Å². The Bertz CT molecular complexity index is 1010. The highest BCUT2D eigenvalue weighted by molar-refractivity contribution is 5.99. The second-order valence-electron chi connectivity index (χ2n) is 6.74. The summed E-state index contributed by atoms with van der Waals surface area (Å²) in [6.45, 7) is 5.40. The third-order valence-corrected chi connectivity index (χ3v) is 4.40. The molecule has 0 saturated carbocycles. The molecule has 0 unspecified atom stereocenters. The molecule has 0 radical (unpaired) electrons. The minimum absolute atomic E-state index is 0.0812. The van der Waals surface area contributed by atoms with Crippen LogP contribution in [0.5, 0.6) is 5.75 Å². The zero-order valence-electron chi connectivity index (χ0n) is 16.8. The predicted octanol–water partition coefficient (Wildman–Crippen LogP) is 5.17. The Balaban J connectivity index is 1.76. The molecule has 3 aromatic rings. The third-order valence-electron chi connectivity index (χ3n) is 4.40. The number of amides is 1. The molecule has 1 N–H and O–H groups in total. The van der Waals surface area contributed by atoms with Crippen molar-refractivity contribution in [2.75, 3.05) is 5.32 Å². The molecule has 0 bridgehead atoms. The van der Waals surface area contributed by atoms with Crippen LogP contribution in [-0.4, -0.2) is 16.7 Å². The summed E-state index contributed by atoms with van der Waals surface area (Å²) in [4.78, 5) is 28.4. The average Bonchev–Trinajstić information content (AvgIpc) is 3.08. The number of nitrogens with zero attached hydrogens (tertiary/aromatic N) is 1. The normalized spacial score (nSPS) is 10.6. The molecule has 150 valence electrons. The van der Waals surface area contributed by atoms with Gasteiger partial charge in [0.25, 0.3) is 0 Å². The third kappa shape index (κ3) is 5.10. The Kier molecular flexibility index (Phi) is 6.44. The Hall–Kier alpha value is -3.41. The number of benzene rings is 2. The summed E-state index contributed by atoms with van der Waals surface area (Å²) in [7, 11) is 0. The van der Waals surface area contributed by atoms with E-state index in [9.17, 15) is 9.59 Å². The molecule has 1 aromatic heterocycles. The topological polar surface area (TPSA) is 81.4 Å². The van der Waals surface area contributed by atoms with Gasteiger partial charge < -0.3 is 14.5 Å². The zero-order valence-corrected chi connectivity index (χ0v) is 16.8. The molecule has 0 aliphatic rings. The SMILES string of the molecule is CCCC(=O)Nc1ccc(OCc2nc(-c3ccccc3)oc2C)c(C(C)=O)c1. The highest BCUT2D eigenvalue weighted by Crippen LogP contribution is 2.26. The van der Waals surface area contributed by atoms with Gasteiger partial charge in [0.2, 0.25) is 11.8 Å². The van der Waals surface area contributed by atoms with E-state index >= 15 is 0 Å². The zero-order chi connectivity index (χ0) is 20.8. The Morgan fingerprint density at radius 1 is 1.14 bits per heavy atom. The number of aromatic nitrogens is 1. The number of carbonyl (C=O) groups excluding carboxylic acids is 2. The average molecular weight is 392 g/mol. The molecule has 0 atom stereocenters. The molecule has 6 nitrogen and oxygen atoms in total. The molecule has 2 aromatic carbocycles. The van der Waals surface area contributed by atoms with Gasteiger partial charge in [-0.1, -0.05) is 25.1 Å². The monoisotopic (exact) mass is 392 g/mol. The number of ether oxygens (including phenoxy) is 1. The number of ketones is 1. The molecule has 6 heteroatoms. The summed E-state index contributed by atoms with van der Waals surface area (Å²) >= 11 is 0. The van der Waals surface area contributed by atoms with Gasteiger partial charge in [-0.15, -0.1) is 0 Å². The predicted molar refractivity (Wildman–Crippen MR) is 111 cm³/mol. The van der Waals surface area contributed by atoms with Gasteiger partial charge in [-0.3, -0.25) is 9.59 Å². The van der Waals surface area contributed by atoms with E-state index < -0.39 is 0 Å². The van der Waals surface area contributed by atoms with Crippen molar-refractivity contribution < 1.29 is 18.7 Å². The van der Waals surface area contributed by atoms with Crippen molar-refractivity contribution in [3.63, 3.8) is 0 Å². The lowest BCUT2D eigenvalue weighted by molar-refractivity contribution is -0.116. The van der Waals surface area contributed by atoms with Crippen molar-refractivity contribution in [3.05, 3.63) is 65.5 Å². The summed E-state index contributed by atoms with van der Waals surface area (Å²) in [6.07, 6.45) is 1.19. The van der Waals surface area contributed by atoms with E-state index in [1.54, 1.807) is 18.2 Å². The number of anilines is 1. The van der Waals surface area contributed by atoms with E-state index in [0.29, 0.717) is 40.8 Å². The molecule has 0 spiro atoms. The van der Waals surface area contributed by atoms with Crippen LogP contribution in [0.4, 0.5) is 5.69 Å². The minimum Gasteiger partial charge on any atom is -0.486 e. The first kappa shape index (κ1) is 20.3. The lowest BCUT2D eigenvalue weighted by Gasteiger charge is -2.11. The van der Waals surface area contributed by atoms with Crippen LogP contribution in [0.3, 0.4) is 0 Å². The number of nitrogens with one attached hydrogen (secondary N) is 1. The van der Waals surface area contributed by atoms with E-state index in [4.69, 9.17) is 9.15 Å². The maximum atomic E-state index is 12.1. The number of hydrogen-bond acceptors (Lipinski definition) is 5. The van der Waals surface area contributed by atoms with E-state index in [-0.39, 0.29) is 18.3 Å². The van der Waals surface area contributed by atoms with Crippen LogP contribution in [0.2, 0.25) is 0 Å². The summed E-state index contributed by atoms with van der Waals surface area (Å²) in [5.74, 6) is 1.41. The summed E-state index contributed by atoms with van der Waals surface area (Å²) in [5.41, 5.74) is 2.53. The van der Waals surface area contributed by atoms with E-state index in [2.05, 4.69) is 10.3 Å². The van der Waals surface area contributed by atoms with Crippen molar-refractivity contribution in [2.45, 2.75) is 40.2 Å². The highest BCUT2D eigenvalue weighted by atomic mass is 16.5. The molecule has 0 saturated heterocycles. The lowest BCUT2D eigenvalue weighted by atomic mass is 10.1. The van der Waals surface area contributed by atoms with Crippen molar-refractivity contribution in [1.82, 2.24) is 4.98 Å². The second-order valence-corrected chi connectivity index (χ2v) is 6.74. The van der Waals surface area contributed by atoms with E-state index in [0.717, 1.165) is 12.0 Å². The van der Waals surface area contributed by atoms with Crippen molar-refractivity contribution in [1.29, 1.82) is 0 Å². The first-order valence-electron chi connectivity index (χ1n) is 9.57. The maximum absolute atomic E-state index is 12.1. The standard InChI is InChI=1S/C23H24N2O4/c1-4-8-22(27)24-18-11-12-21(19(13-18)15(2)26)28-14-20-16(3)29-23(25-20)17-9-6-5-7-10-17/h5-7,9-13H,4,8,14H2,1-3H3,(H,24,27). The molecule has 1 heterocycles. The van der Waals surface area contributed by atoms with E-state index in [1.807, 2.05) is 44.2 Å². The minimum atomic E-state index is -0.145. The van der Waals surface area contributed by atoms with Crippen LogP contribution in [0.25, 0.3) is 11.5 Å². The van der Waals surface area contributed by atoms with Gasteiger partial charge in [-0.25, -0.2) is 4.98 Å². The molecule has 29 heavy (non-hydrogen) atoms. The number of rotatable bonds is 8. The molecular weight excluding hydrogens is 368 g/mol. The number of aryl methyl sites for hydroxylation is 1. The fraction of sp³-hybridized carbons (Fsp3) is 0.261. The number of hydrogen-bond donors (Lipinski definition) is 1. The molecule has 3 rings (SSSR count). The fourth-order valence-electron chi connectivity index (χ4n) is 2.87. The van der Waals surface area contributed by atoms with Crippen LogP contribution in [0.15, 0.2) is 52.9 Å². The van der Waals surface area contributed by atoms with Crippen molar-refractivity contribution >= 4 is 17.4 Å². The summed E-state index contributed by atoms with van der Waals surface area (Å²) in [5, 5.41) is 2.80. The largest absolute Gasteiger partial charge is 0.486 e. The van der Waals surface area contributed by atoms with Gasteiger partial charge in [0.15, 0.2) is 5.78 Å². The number of carbonyl (C=O) groups is 2. The van der Waals surface area contributed by atoms with Crippen LogP contribution in [0.1, 0.15) is 48.5 Å². The van der Waals surface area contributed by atoms with Gasteiger partial charge in [-0.2, -0.15) is 0 Å². The first-order valence-corrected chi connectivity index (χ1v) is 9.57. The maximum Gasteiger partial charge on any atom is 0.226 e. The van der Waals surface area contributed by atoms with Crippen LogP contribution in [0, 0.1) is 6.92 Å².